The highest BCUT2D eigenvalue weighted by Gasteiger charge is 2.15. The summed E-state index contributed by atoms with van der Waals surface area (Å²) >= 11 is 0. The summed E-state index contributed by atoms with van der Waals surface area (Å²) in [6.07, 6.45) is 0.962. The molecule has 5 heteroatoms. The fourth-order valence-electron chi connectivity index (χ4n) is 1.83. The van der Waals surface area contributed by atoms with Crippen molar-refractivity contribution in [2.75, 3.05) is 13.2 Å². The Kier molecular flexibility index (Phi) is 6.87. The fraction of sp³-hybridized carbons (Fsp3) is 0.529. The third-order valence-corrected chi connectivity index (χ3v) is 3.17. The molecular weight excluding hydrogens is 280 g/mol. The van der Waals surface area contributed by atoms with E-state index in [2.05, 4.69) is 11.4 Å². The van der Waals surface area contributed by atoms with Gasteiger partial charge in [0, 0.05) is 12.1 Å². The smallest absolute Gasteiger partial charge is 0.251 e. The van der Waals surface area contributed by atoms with Crippen LogP contribution in [0.3, 0.4) is 0 Å². The van der Waals surface area contributed by atoms with Gasteiger partial charge in [0.05, 0.1) is 24.2 Å². The summed E-state index contributed by atoms with van der Waals surface area (Å²) in [4.78, 5) is 11.9. The van der Waals surface area contributed by atoms with Crippen LogP contribution in [0.25, 0.3) is 0 Å². The van der Waals surface area contributed by atoms with Crippen LogP contribution in [0.15, 0.2) is 24.3 Å². The van der Waals surface area contributed by atoms with Gasteiger partial charge in [-0.25, -0.2) is 0 Å². The van der Waals surface area contributed by atoms with Crippen molar-refractivity contribution in [3.05, 3.63) is 29.8 Å². The van der Waals surface area contributed by atoms with E-state index in [1.165, 1.54) is 0 Å². The molecule has 1 unspecified atom stereocenters. The second kappa shape index (κ2) is 8.40. The zero-order chi connectivity index (χ0) is 16.6. The third-order valence-electron chi connectivity index (χ3n) is 3.17. The van der Waals surface area contributed by atoms with Gasteiger partial charge in [-0.05, 0) is 51.8 Å². The van der Waals surface area contributed by atoms with Gasteiger partial charge in [-0.1, -0.05) is 6.07 Å². The molecule has 120 valence electrons. The molecule has 1 atom stereocenters. The molecule has 0 saturated carbocycles. The van der Waals surface area contributed by atoms with Crippen LogP contribution in [0, 0.1) is 16.7 Å². The predicted octanol–water partition coefficient (Wildman–Crippen LogP) is 2.51. The largest absolute Gasteiger partial charge is 0.494 e. The molecule has 0 aromatic heterocycles. The number of benzene rings is 1. The zero-order valence-corrected chi connectivity index (χ0v) is 13.4. The van der Waals surface area contributed by atoms with E-state index in [-0.39, 0.29) is 17.9 Å². The number of hydrogen-bond acceptors (Lipinski definition) is 4. The molecular formula is C17H24N2O3. The molecule has 2 N–H and O–H groups in total. The predicted molar refractivity (Wildman–Crippen MR) is 84.6 cm³/mol. The molecule has 1 amide bonds. The monoisotopic (exact) mass is 304 g/mol. The van der Waals surface area contributed by atoms with Crippen LogP contribution in [0.2, 0.25) is 0 Å². The number of ether oxygens (including phenoxy) is 1. The van der Waals surface area contributed by atoms with Crippen molar-refractivity contribution in [3.8, 4) is 11.8 Å². The van der Waals surface area contributed by atoms with Crippen molar-refractivity contribution < 1.29 is 14.6 Å². The molecule has 0 saturated heterocycles. The number of aliphatic hydroxyl groups excluding tert-OH is 1. The topological polar surface area (TPSA) is 82.3 Å². The highest BCUT2D eigenvalue weighted by atomic mass is 16.5. The van der Waals surface area contributed by atoms with Gasteiger partial charge in [0.15, 0.2) is 0 Å². The van der Waals surface area contributed by atoms with Gasteiger partial charge in [0.2, 0.25) is 0 Å². The Morgan fingerprint density at radius 1 is 1.50 bits per heavy atom. The van der Waals surface area contributed by atoms with E-state index in [9.17, 15) is 4.79 Å². The van der Waals surface area contributed by atoms with Crippen molar-refractivity contribution >= 4 is 5.91 Å². The van der Waals surface area contributed by atoms with Crippen LogP contribution in [0.5, 0.6) is 5.75 Å². The number of nitrogens with zero attached hydrogens (tertiary/aromatic N) is 1. The van der Waals surface area contributed by atoms with Gasteiger partial charge in [-0.2, -0.15) is 5.26 Å². The van der Waals surface area contributed by atoms with E-state index < -0.39 is 6.10 Å². The summed E-state index contributed by atoms with van der Waals surface area (Å²) in [6, 6.07) is 9.18. The van der Waals surface area contributed by atoms with Gasteiger partial charge < -0.3 is 15.2 Å². The first-order chi connectivity index (χ1) is 10.3. The molecule has 0 radical (unpaired) electrons. The minimum absolute atomic E-state index is 0.215. The minimum Gasteiger partial charge on any atom is -0.494 e. The van der Waals surface area contributed by atoms with Gasteiger partial charge in [0.25, 0.3) is 5.91 Å². The number of amides is 1. The molecule has 1 aromatic carbocycles. The van der Waals surface area contributed by atoms with Crippen molar-refractivity contribution in [3.63, 3.8) is 0 Å². The Hall–Kier alpha value is -2.06. The van der Waals surface area contributed by atoms with E-state index in [4.69, 9.17) is 15.1 Å². The number of rotatable bonds is 8. The number of nitrogens with one attached hydrogen (secondary N) is 1. The number of hydrogen-bond donors (Lipinski definition) is 2. The summed E-state index contributed by atoms with van der Waals surface area (Å²) < 4.78 is 5.62. The summed E-state index contributed by atoms with van der Waals surface area (Å²) in [7, 11) is 0. The van der Waals surface area contributed by atoms with E-state index in [1.54, 1.807) is 31.2 Å². The number of carbonyl (C=O) groups is 1. The van der Waals surface area contributed by atoms with Gasteiger partial charge in [-0.15, -0.1) is 0 Å². The molecule has 0 spiro atoms. The van der Waals surface area contributed by atoms with Gasteiger partial charge >= 0.3 is 0 Å². The van der Waals surface area contributed by atoms with E-state index in [1.807, 2.05) is 13.8 Å². The SMILES string of the molecule is CC(O)CNC(=O)c1cccc(OCCCC(C)(C)C#N)c1. The number of aliphatic hydroxyl groups is 1. The van der Waals surface area contributed by atoms with Crippen molar-refractivity contribution in [2.24, 2.45) is 5.41 Å². The van der Waals surface area contributed by atoms with Crippen LogP contribution in [-0.4, -0.2) is 30.3 Å². The zero-order valence-electron chi connectivity index (χ0n) is 13.4. The molecule has 22 heavy (non-hydrogen) atoms. The van der Waals surface area contributed by atoms with E-state index in [0.29, 0.717) is 17.9 Å². The van der Waals surface area contributed by atoms with Gasteiger partial charge in [0.1, 0.15) is 5.75 Å². The summed E-state index contributed by atoms with van der Waals surface area (Å²) in [6.45, 7) is 6.14. The van der Waals surface area contributed by atoms with Crippen LogP contribution in [0.4, 0.5) is 0 Å². The standard InChI is InChI=1S/C17H24N2O3/c1-13(20)11-19-16(21)14-6-4-7-15(10-14)22-9-5-8-17(2,3)12-18/h4,6-7,10,13,20H,5,8-9,11H2,1-3H3,(H,19,21). The average molecular weight is 304 g/mol. The Bertz CT molecular complexity index is 533. The number of carbonyl (C=O) groups excluding carboxylic acids is 1. The minimum atomic E-state index is -0.577. The molecule has 1 aromatic rings. The highest BCUT2D eigenvalue weighted by molar-refractivity contribution is 5.94. The maximum absolute atomic E-state index is 11.9. The van der Waals surface area contributed by atoms with Crippen molar-refractivity contribution in [1.82, 2.24) is 5.32 Å². The molecule has 5 nitrogen and oxygen atoms in total. The highest BCUT2D eigenvalue weighted by Crippen LogP contribution is 2.21. The quantitative estimate of drug-likeness (QED) is 0.723. The molecule has 1 rings (SSSR count). The fourth-order valence-corrected chi connectivity index (χ4v) is 1.83. The Balaban J connectivity index is 2.47. The van der Waals surface area contributed by atoms with Crippen LogP contribution < -0.4 is 10.1 Å². The van der Waals surface area contributed by atoms with E-state index in [0.717, 1.165) is 12.8 Å². The van der Waals surface area contributed by atoms with Crippen LogP contribution in [-0.2, 0) is 0 Å². The molecule has 0 fully saturated rings. The Morgan fingerprint density at radius 2 is 2.23 bits per heavy atom. The maximum atomic E-state index is 11.9. The Morgan fingerprint density at radius 3 is 2.86 bits per heavy atom. The maximum Gasteiger partial charge on any atom is 0.251 e. The van der Waals surface area contributed by atoms with Crippen LogP contribution in [0.1, 0.15) is 44.0 Å². The van der Waals surface area contributed by atoms with Gasteiger partial charge in [-0.3, -0.25) is 4.79 Å². The van der Waals surface area contributed by atoms with Crippen molar-refractivity contribution in [1.29, 1.82) is 5.26 Å². The summed E-state index contributed by atoms with van der Waals surface area (Å²) in [5.41, 5.74) is 0.155. The molecule has 0 aliphatic carbocycles. The second-order valence-electron chi connectivity index (χ2n) is 6.03. The Labute approximate surface area is 131 Å². The number of nitriles is 1. The lowest BCUT2D eigenvalue weighted by Gasteiger charge is -2.15. The first-order valence-electron chi connectivity index (χ1n) is 7.44. The molecule has 0 aliphatic heterocycles. The lowest BCUT2D eigenvalue weighted by atomic mass is 9.90. The average Bonchev–Trinajstić information content (AvgIpc) is 2.49. The van der Waals surface area contributed by atoms with E-state index >= 15 is 0 Å². The molecule has 0 bridgehead atoms. The molecule has 0 heterocycles. The van der Waals surface area contributed by atoms with Crippen LogP contribution >= 0.6 is 0 Å². The lowest BCUT2D eigenvalue weighted by Crippen LogP contribution is -2.30. The third kappa shape index (κ3) is 6.59. The first kappa shape index (κ1) is 18.0. The summed E-state index contributed by atoms with van der Waals surface area (Å²) in [5, 5.41) is 20.8. The summed E-state index contributed by atoms with van der Waals surface area (Å²) in [5.74, 6) is 0.386. The lowest BCUT2D eigenvalue weighted by molar-refractivity contribution is 0.0923. The molecule has 0 aliphatic rings. The van der Waals surface area contributed by atoms with Crippen molar-refractivity contribution in [2.45, 2.75) is 39.7 Å². The second-order valence-corrected chi connectivity index (χ2v) is 6.03. The normalized spacial score (nSPS) is 12.3. The first-order valence-corrected chi connectivity index (χ1v) is 7.44.